The van der Waals surface area contributed by atoms with E-state index >= 15 is 0 Å². The maximum atomic E-state index is 12.8. The van der Waals surface area contributed by atoms with Gasteiger partial charge in [0.15, 0.2) is 0 Å². The SMILES string of the molecule is CN(C)C(=O)c1cccc(N(C)Cc2cccc(C(F)(F)F)c2)n1. The van der Waals surface area contributed by atoms with E-state index in [1.54, 1.807) is 50.3 Å². The summed E-state index contributed by atoms with van der Waals surface area (Å²) >= 11 is 0. The lowest BCUT2D eigenvalue weighted by molar-refractivity contribution is -0.137. The second-order valence-corrected chi connectivity index (χ2v) is 5.63. The number of amides is 1. The molecule has 1 aromatic heterocycles. The van der Waals surface area contributed by atoms with Gasteiger partial charge in [0.05, 0.1) is 5.56 Å². The van der Waals surface area contributed by atoms with Crippen molar-refractivity contribution >= 4 is 11.7 Å². The van der Waals surface area contributed by atoms with Gasteiger partial charge in [-0.2, -0.15) is 13.2 Å². The topological polar surface area (TPSA) is 36.4 Å². The Hall–Kier alpha value is -2.57. The van der Waals surface area contributed by atoms with Crippen molar-refractivity contribution in [3.63, 3.8) is 0 Å². The molecule has 0 saturated carbocycles. The molecule has 0 aliphatic rings. The molecule has 128 valence electrons. The van der Waals surface area contributed by atoms with E-state index in [4.69, 9.17) is 0 Å². The summed E-state index contributed by atoms with van der Waals surface area (Å²) in [6, 6.07) is 10.2. The highest BCUT2D eigenvalue weighted by atomic mass is 19.4. The number of anilines is 1. The number of benzene rings is 1. The molecule has 0 radical (unpaired) electrons. The summed E-state index contributed by atoms with van der Waals surface area (Å²) < 4.78 is 38.3. The number of pyridine rings is 1. The third kappa shape index (κ3) is 4.24. The molecule has 1 heterocycles. The van der Waals surface area contributed by atoms with Gasteiger partial charge in [-0.05, 0) is 29.8 Å². The van der Waals surface area contributed by atoms with E-state index in [1.165, 1.54) is 11.0 Å². The first-order valence-corrected chi connectivity index (χ1v) is 7.24. The Morgan fingerprint density at radius 3 is 2.38 bits per heavy atom. The number of carbonyl (C=O) groups is 1. The first-order chi connectivity index (χ1) is 11.2. The lowest BCUT2D eigenvalue weighted by Crippen LogP contribution is -2.24. The number of hydrogen-bond acceptors (Lipinski definition) is 3. The molecule has 0 aliphatic carbocycles. The van der Waals surface area contributed by atoms with Crippen LogP contribution in [-0.2, 0) is 12.7 Å². The van der Waals surface area contributed by atoms with Gasteiger partial charge in [-0.3, -0.25) is 4.79 Å². The van der Waals surface area contributed by atoms with Gasteiger partial charge < -0.3 is 9.80 Å². The third-order valence-corrected chi connectivity index (χ3v) is 3.42. The Balaban J connectivity index is 2.20. The van der Waals surface area contributed by atoms with Crippen LogP contribution in [0.3, 0.4) is 0 Å². The Morgan fingerprint density at radius 1 is 1.08 bits per heavy atom. The first-order valence-electron chi connectivity index (χ1n) is 7.24. The molecule has 0 unspecified atom stereocenters. The van der Waals surface area contributed by atoms with Crippen LogP contribution in [0.25, 0.3) is 0 Å². The molecule has 2 rings (SSSR count). The molecular formula is C17H18F3N3O. The quantitative estimate of drug-likeness (QED) is 0.857. The fourth-order valence-electron chi connectivity index (χ4n) is 2.18. The normalized spacial score (nSPS) is 11.2. The van der Waals surface area contributed by atoms with E-state index in [1.807, 2.05) is 0 Å². The molecule has 0 fully saturated rings. The van der Waals surface area contributed by atoms with E-state index in [-0.39, 0.29) is 18.1 Å². The van der Waals surface area contributed by atoms with E-state index in [2.05, 4.69) is 4.98 Å². The van der Waals surface area contributed by atoms with Crippen LogP contribution in [0.2, 0.25) is 0 Å². The van der Waals surface area contributed by atoms with Crippen molar-refractivity contribution in [1.82, 2.24) is 9.88 Å². The summed E-state index contributed by atoms with van der Waals surface area (Å²) in [6.45, 7) is 0.247. The van der Waals surface area contributed by atoms with Crippen LogP contribution in [-0.4, -0.2) is 36.9 Å². The van der Waals surface area contributed by atoms with E-state index in [9.17, 15) is 18.0 Å². The predicted molar refractivity (Wildman–Crippen MR) is 85.8 cm³/mol. The molecule has 1 amide bonds. The van der Waals surface area contributed by atoms with E-state index < -0.39 is 11.7 Å². The lowest BCUT2D eigenvalue weighted by Gasteiger charge is -2.20. The second-order valence-electron chi connectivity index (χ2n) is 5.63. The molecular weight excluding hydrogens is 319 g/mol. The summed E-state index contributed by atoms with van der Waals surface area (Å²) in [5, 5.41) is 0. The molecule has 0 atom stereocenters. The first kappa shape index (κ1) is 17.8. The predicted octanol–water partition coefficient (Wildman–Crippen LogP) is 3.44. The van der Waals surface area contributed by atoms with Crippen LogP contribution in [0.5, 0.6) is 0 Å². The Bertz CT molecular complexity index is 729. The number of carbonyl (C=O) groups excluding carboxylic acids is 1. The molecule has 0 saturated heterocycles. The summed E-state index contributed by atoms with van der Waals surface area (Å²) in [6.07, 6.45) is -4.37. The third-order valence-electron chi connectivity index (χ3n) is 3.42. The van der Waals surface area contributed by atoms with Crippen molar-refractivity contribution in [2.75, 3.05) is 26.0 Å². The molecule has 0 spiro atoms. The van der Waals surface area contributed by atoms with Gasteiger partial charge in [-0.15, -0.1) is 0 Å². The molecule has 2 aromatic rings. The molecule has 24 heavy (non-hydrogen) atoms. The monoisotopic (exact) mass is 337 g/mol. The van der Waals surface area contributed by atoms with Gasteiger partial charge in [0, 0.05) is 27.7 Å². The average molecular weight is 337 g/mol. The largest absolute Gasteiger partial charge is 0.416 e. The zero-order chi connectivity index (χ0) is 17.9. The molecule has 0 aliphatic heterocycles. The lowest BCUT2D eigenvalue weighted by atomic mass is 10.1. The van der Waals surface area contributed by atoms with Gasteiger partial charge >= 0.3 is 6.18 Å². The number of alkyl halides is 3. The van der Waals surface area contributed by atoms with Crippen LogP contribution < -0.4 is 4.90 Å². The van der Waals surface area contributed by atoms with Gasteiger partial charge in [0.25, 0.3) is 5.91 Å². The van der Waals surface area contributed by atoms with E-state index in [0.29, 0.717) is 11.4 Å². The van der Waals surface area contributed by atoms with Crippen molar-refractivity contribution in [2.45, 2.75) is 12.7 Å². The minimum atomic E-state index is -4.37. The Labute approximate surface area is 138 Å². The summed E-state index contributed by atoms with van der Waals surface area (Å²) in [4.78, 5) is 19.3. The van der Waals surface area contributed by atoms with Crippen LogP contribution >= 0.6 is 0 Å². The fraction of sp³-hybridized carbons (Fsp3) is 0.294. The van der Waals surface area contributed by atoms with Crippen LogP contribution in [0.1, 0.15) is 21.6 Å². The van der Waals surface area contributed by atoms with Crippen molar-refractivity contribution in [3.05, 3.63) is 59.3 Å². The Kier molecular flexibility index (Phi) is 5.11. The maximum Gasteiger partial charge on any atom is 0.416 e. The van der Waals surface area contributed by atoms with Gasteiger partial charge in [-0.1, -0.05) is 18.2 Å². The van der Waals surface area contributed by atoms with E-state index in [0.717, 1.165) is 12.1 Å². The smallest absolute Gasteiger partial charge is 0.355 e. The summed E-state index contributed by atoms with van der Waals surface area (Å²) in [7, 11) is 4.97. The average Bonchev–Trinajstić information content (AvgIpc) is 2.53. The highest BCUT2D eigenvalue weighted by Crippen LogP contribution is 2.29. The van der Waals surface area contributed by atoms with Gasteiger partial charge in [-0.25, -0.2) is 4.98 Å². The fourth-order valence-corrected chi connectivity index (χ4v) is 2.18. The van der Waals surface area contributed by atoms with Crippen LogP contribution in [0, 0.1) is 0 Å². The second kappa shape index (κ2) is 6.90. The van der Waals surface area contributed by atoms with Gasteiger partial charge in [0.2, 0.25) is 0 Å². The summed E-state index contributed by atoms with van der Waals surface area (Å²) in [5.41, 5.74) is 0.116. The minimum absolute atomic E-state index is 0.232. The zero-order valence-corrected chi connectivity index (χ0v) is 13.6. The highest BCUT2D eigenvalue weighted by molar-refractivity contribution is 5.92. The molecule has 1 aromatic carbocycles. The highest BCUT2D eigenvalue weighted by Gasteiger charge is 2.30. The maximum absolute atomic E-state index is 12.8. The number of hydrogen-bond donors (Lipinski definition) is 0. The van der Waals surface area contributed by atoms with Crippen molar-refractivity contribution in [2.24, 2.45) is 0 Å². The van der Waals surface area contributed by atoms with Crippen molar-refractivity contribution in [3.8, 4) is 0 Å². The van der Waals surface area contributed by atoms with Crippen molar-refractivity contribution in [1.29, 1.82) is 0 Å². The Morgan fingerprint density at radius 2 is 1.75 bits per heavy atom. The number of nitrogens with zero attached hydrogens (tertiary/aromatic N) is 3. The standard InChI is InChI=1S/C17H18F3N3O/c1-22(2)16(24)14-8-5-9-15(21-14)23(3)11-12-6-4-7-13(10-12)17(18,19)20/h4-10H,11H2,1-3H3. The van der Waals surface area contributed by atoms with Crippen LogP contribution in [0.15, 0.2) is 42.5 Å². The van der Waals surface area contributed by atoms with Crippen LogP contribution in [0.4, 0.5) is 19.0 Å². The number of rotatable bonds is 4. The zero-order valence-electron chi connectivity index (χ0n) is 13.6. The number of halogens is 3. The molecule has 7 heteroatoms. The number of aromatic nitrogens is 1. The molecule has 0 N–H and O–H groups in total. The molecule has 0 bridgehead atoms. The van der Waals surface area contributed by atoms with Gasteiger partial charge in [0.1, 0.15) is 11.5 Å². The molecule has 4 nitrogen and oxygen atoms in total. The van der Waals surface area contributed by atoms with Crippen molar-refractivity contribution < 1.29 is 18.0 Å². The summed E-state index contributed by atoms with van der Waals surface area (Å²) in [5.74, 6) is 0.282. The minimum Gasteiger partial charge on any atom is -0.355 e.